The van der Waals surface area contributed by atoms with E-state index in [9.17, 15) is 0 Å². The Labute approximate surface area is 97.9 Å². The number of nitrogens with zero attached hydrogens (tertiary/aromatic N) is 2. The summed E-state index contributed by atoms with van der Waals surface area (Å²) in [6, 6.07) is 9.66. The van der Waals surface area contributed by atoms with E-state index >= 15 is 0 Å². The average Bonchev–Trinajstić information content (AvgIpc) is 2.25. The molecule has 1 heterocycles. The van der Waals surface area contributed by atoms with Gasteiger partial charge in [-0.2, -0.15) is 0 Å². The third-order valence-corrected chi connectivity index (χ3v) is 2.64. The number of benzene rings is 1. The number of rotatable bonds is 1. The molecular weight excluding hydrogens is 231 g/mol. The van der Waals surface area contributed by atoms with Gasteiger partial charge in [-0.1, -0.05) is 53.5 Å². The van der Waals surface area contributed by atoms with Crippen LogP contribution in [0.15, 0.2) is 30.3 Å². The van der Waals surface area contributed by atoms with Gasteiger partial charge in [-0.05, 0) is 6.92 Å². The summed E-state index contributed by atoms with van der Waals surface area (Å²) in [5.41, 5.74) is 2.29. The SMILES string of the molecule is Cc1nc(-c2ccccc2)c(Cl)nc1Cl. The number of aromatic nitrogens is 2. The summed E-state index contributed by atoms with van der Waals surface area (Å²) in [4.78, 5) is 8.33. The maximum atomic E-state index is 5.98. The highest BCUT2D eigenvalue weighted by atomic mass is 35.5. The number of aryl methyl sites for hydroxylation is 1. The van der Waals surface area contributed by atoms with E-state index < -0.39 is 0 Å². The van der Waals surface area contributed by atoms with Crippen LogP contribution in [0.5, 0.6) is 0 Å². The molecule has 0 bridgehead atoms. The topological polar surface area (TPSA) is 25.8 Å². The standard InChI is InChI=1S/C11H8Cl2N2/c1-7-10(12)15-11(13)9(14-7)8-5-3-2-4-6-8/h2-6H,1H3. The molecule has 76 valence electrons. The summed E-state index contributed by atoms with van der Waals surface area (Å²) < 4.78 is 0. The first-order valence-electron chi connectivity index (χ1n) is 4.43. The predicted molar refractivity (Wildman–Crippen MR) is 62.2 cm³/mol. The molecule has 0 aliphatic heterocycles. The minimum atomic E-state index is 0.330. The highest BCUT2D eigenvalue weighted by molar-refractivity contribution is 6.34. The highest BCUT2D eigenvalue weighted by Gasteiger charge is 2.09. The fourth-order valence-corrected chi connectivity index (χ4v) is 1.67. The lowest BCUT2D eigenvalue weighted by atomic mass is 10.2. The summed E-state index contributed by atoms with van der Waals surface area (Å²) in [7, 11) is 0. The Morgan fingerprint density at radius 1 is 0.933 bits per heavy atom. The van der Waals surface area contributed by atoms with Crippen LogP contribution >= 0.6 is 23.2 Å². The molecule has 0 spiro atoms. The van der Waals surface area contributed by atoms with E-state index in [0.29, 0.717) is 21.7 Å². The zero-order valence-corrected chi connectivity index (χ0v) is 9.55. The van der Waals surface area contributed by atoms with Crippen molar-refractivity contribution in [3.63, 3.8) is 0 Å². The van der Waals surface area contributed by atoms with Gasteiger partial charge in [0.2, 0.25) is 0 Å². The lowest BCUT2D eigenvalue weighted by molar-refractivity contribution is 1.12. The Bertz CT molecular complexity index is 483. The summed E-state index contributed by atoms with van der Waals surface area (Å²) >= 11 is 11.8. The van der Waals surface area contributed by atoms with Crippen molar-refractivity contribution in [3.05, 3.63) is 46.3 Å². The van der Waals surface area contributed by atoms with Crippen molar-refractivity contribution in [2.45, 2.75) is 6.92 Å². The molecule has 0 aliphatic rings. The molecule has 15 heavy (non-hydrogen) atoms. The van der Waals surface area contributed by atoms with Crippen molar-refractivity contribution in [1.29, 1.82) is 0 Å². The Balaban J connectivity index is 2.59. The second kappa shape index (κ2) is 4.17. The summed E-state index contributed by atoms with van der Waals surface area (Å²) in [6.45, 7) is 1.80. The Morgan fingerprint density at radius 3 is 2.27 bits per heavy atom. The van der Waals surface area contributed by atoms with E-state index in [1.54, 1.807) is 6.92 Å². The van der Waals surface area contributed by atoms with E-state index in [1.807, 2.05) is 30.3 Å². The highest BCUT2D eigenvalue weighted by Crippen LogP contribution is 2.26. The van der Waals surface area contributed by atoms with Gasteiger partial charge in [0.1, 0.15) is 5.69 Å². The van der Waals surface area contributed by atoms with Crippen molar-refractivity contribution in [3.8, 4) is 11.3 Å². The molecule has 1 aromatic heterocycles. The van der Waals surface area contributed by atoms with Crippen LogP contribution in [0, 0.1) is 6.92 Å². The number of hydrogen-bond donors (Lipinski definition) is 0. The third-order valence-electron chi connectivity index (χ3n) is 2.02. The van der Waals surface area contributed by atoms with Crippen LogP contribution in [0.4, 0.5) is 0 Å². The van der Waals surface area contributed by atoms with E-state index in [-0.39, 0.29) is 0 Å². The van der Waals surface area contributed by atoms with Crippen LogP contribution in [0.2, 0.25) is 10.3 Å². The van der Waals surface area contributed by atoms with Gasteiger partial charge in [0.25, 0.3) is 0 Å². The van der Waals surface area contributed by atoms with Gasteiger partial charge in [-0.25, -0.2) is 9.97 Å². The van der Waals surface area contributed by atoms with Crippen molar-refractivity contribution in [2.75, 3.05) is 0 Å². The fraction of sp³-hybridized carbons (Fsp3) is 0.0909. The Morgan fingerprint density at radius 2 is 1.60 bits per heavy atom. The molecule has 2 aromatic rings. The second-order valence-corrected chi connectivity index (χ2v) is 3.82. The molecule has 2 nitrogen and oxygen atoms in total. The maximum Gasteiger partial charge on any atom is 0.157 e. The van der Waals surface area contributed by atoms with Crippen LogP contribution in [-0.2, 0) is 0 Å². The van der Waals surface area contributed by atoms with Gasteiger partial charge in [0.15, 0.2) is 10.3 Å². The van der Waals surface area contributed by atoms with Crippen molar-refractivity contribution < 1.29 is 0 Å². The molecule has 0 N–H and O–H groups in total. The molecule has 2 rings (SSSR count). The monoisotopic (exact) mass is 238 g/mol. The molecule has 0 atom stereocenters. The van der Waals surface area contributed by atoms with Crippen molar-refractivity contribution in [1.82, 2.24) is 9.97 Å². The first-order chi connectivity index (χ1) is 7.18. The van der Waals surface area contributed by atoms with Crippen LogP contribution in [0.1, 0.15) is 5.69 Å². The van der Waals surface area contributed by atoms with E-state index in [2.05, 4.69) is 9.97 Å². The second-order valence-electron chi connectivity index (χ2n) is 3.11. The molecule has 0 radical (unpaired) electrons. The molecule has 0 saturated carbocycles. The fourth-order valence-electron chi connectivity index (χ4n) is 1.26. The number of halogens is 2. The quantitative estimate of drug-likeness (QED) is 0.757. The molecule has 4 heteroatoms. The normalized spacial score (nSPS) is 10.3. The molecule has 0 saturated heterocycles. The third kappa shape index (κ3) is 2.11. The summed E-state index contributed by atoms with van der Waals surface area (Å²) in [6.07, 6.45) is 0. The van der Waals surface area contributed by atoms with Gasteiger partial charge >= 0.3 is 0 Å². The van der Waals surface area contributed by atoms with E-state index in [0.717, 1.165) is 5.56 Å². The van der Waals surface area contributed by atoms with Gasteiger partial charge < -0.3 is 0 Å². The van der Waals surface area contributed by atoms with Crippen LogP contribution in [0.3, 0.4) is 0 Å². The average molecular weight is 239 g/mol. The minimum Gasteiger partial charge on any atom is -0.247 e. The summed E-state index contributed by atoms with van der Waals surface area (Å²) in [5.74, 6) is 0. The Kier molecular flexibility index (Phi) is 2.89. The molecule has 0 aliphatic carbocycles. The van der Waals surface area contributed by atoms with Gasteiger partial charge in [-0.3, -0.25) is 0 Å². The smallest absolute Gasteiger partial charge is 0.157 e. The molecule has 0 unspecified atom stereocenters. The maximum absolute atomic E-state index is 5.98. The lowest BCUT2D eigenvalue weighted by Gasteiger charge is -2.04. The largest absolute Gasteiger partial charge is 0.247 e. The lowest BCUT2D eigenvalue weighted by Crippen LogP contribution is -1.93. The number of hydrogen-bond acceptors (Lipinski definition) is 2. The van der Waals surface area contributed by atoms with Gasteiger partial charge in [-0.15, -0.1) is 0 Å². The zero-order valence-electron chi connectivity index (χ0n) is 8.04. The molecular formula is C11H8Cl2N2. The summed E-state index contributed by atoms with van der Waals surface area (Å²) in [5, 5.41) is 0.677. The van der Waals surface area contributed by atoms with Crippen LogP contribution in [-0.4, -0.2) is 9.97 Å². The van der Waals surface area contributed by atoms with Gasteiger partial charge in [0.05, 0.1) is 5.69 Å². The van der Waals surface area contributed by atoms with Crippen LogP contribution < -0.4 is 0 Å². The van der Waals surface area contributed by atoms with E-state index in [4.69, 9.17) is 23.2 Å². The molecule has 0 fully saturated rings. The molecule has 1 aromatic carbocycles. The molecule has 0 amide bonds. The first-order valence-corrected chi connectivity index (χ1v) is 5.19. The minimum absolute atomic E-state index is 0.330. The predicted octanol–water partition coefficient (Wildman–Crippen LogP) is 3.76. The van der Waals surface area contributed by atoms with Crippen molar-refractivity contribution >= 4 is 23.2 Å². The first kappa shape index (κ1) is 10.4. The van der Waals surface area contributed by atoms with E-state index in [1.165, 1.54) is 0 Å². The zero-order chi connectivity index (χ0) is 10.8. The van der Waals surface area contributed by atoms with Gasteiger partial charge in [0, 0.05) is 5.56 Å². The Hall–Kier alpha value is -1.12. The van der Waals surface area contributed by atoms with Crippen molar-refractivity contribution in [2.24, 2.45) is 0 Å². The van der Waals surface area contributed by atoms with Crippen LogP contribution in [0.25, 0.3) is 11.3 Å².